The van der Waals surface area contributed by atoms with Crippen LogP contribution >= 0.6 is 0 Å². The molecule has 0 saturated heterocycles. The Bertz CT molecular complexity index is 1120. The summed E-state index contributed by atoms with van der Waals surface area (Å²) in [6, 6.07) is 14.0. The van der Waals surface area contributed by atoms with Gasteiger partial charge in [0, 0.05) is 13.1 Å². The van der Waals surface area contributed by atoms with Gasteiger partial charge in [-0.1, -0.05) is 95.0 Å². The number of hydrogen-bond donors (Lipinski definition) is 2. The second kappa shape index (κ2) is 16.9. The highest BCUT2D eigenvalue weighted by Gasteiger charge is 2.37. The lowest BCUT2D eigenvalue weighted by Crippen LogP contribution is -2.53. The van der Waals surface area contributed by atoms with Crippen molar-refractivity contribution in [2.24, 2.45) is 5.92 Å². The van der Waals surface area contributed by atoms with Crippen LogP contribution in [-0.2, 0) is 20.9 Å². The lowest BCUT2D eigenvalue weighted by Gasteiger charge is -2.36. The molecular formula is C35H53N3O4. The van der Waals surface area contributed by atoms with Crippen LogP contribution in [0, 0.1) is 19.8 Å². The largest absolute Gasteiger partial charge is 0.444 e. The molecule has 3 amide bonds. The number of aryl methyl sites for hydroxylation is 2. The molecule has 0 aliphatic rings. The lowest BCUT2D eigenvalue weighted by atomic mass is 9.92. The van der Waals surface area contributed by atoms with Crippen molar-refractivity contribution in [1.82, 2.24) is 15.5 Å². The Balaban J connectivity index is 2.53. The Morgan fingerprint density at radius 2 is 1.50 bits per heavy atom. The van der Waals surface area contributed by atoms with Crippen LogP contribution in [-0.4, -0.2) is 41.0 Å². The third-order valence-corrected chi connectivity index (χ3v) is 7.17. The van der Waals surface area contributed by atoms with Crippen molar-refractivity contribution in [3.05, 3.63) is 70.8 Å². The first kappa shape index (κ1) is 34.8. The van der Waals surface area contributed by atoms with Crippen molar-refractivity contribution in [2.75, 3.05) is 6.54 Å². The van der Waals surface area contributed by atoms with Gasteiger partial charge >= 0.3 is 6.09 Å². The fraction of sp³-hybridized carbons (Fsp3) is 0.571. The Morgan fingerprint density at radius 3 is 2.07 bits per heavy atom. The minimum atomic E-state index is -0.844. The topological polar surface area (TPSA) is 87.7 Å². The molecule has 0 heterocycles. The highest BCUT2D eigenvalue weighted by Crippen LogP contribution is 2.30. The van der Waals surface area contributed by atoms with Crippen molar-refractivity contribution in [3.63, 3.8) is 0 Å². The summed E-state index contributed by atoms with van der Waals surface area (Å²) in [5.74, 6) is -0.378. The van der Waals surface area contributed by atoms with Crippen LogP contribution in [0.2, 0.25) is 0 Å². The number of hydrogen-bond acceptors (Lipinski definition) is 4. The van der Waals surface area contributed by atoms with Crippen molar-refractivity contribution >= 4 is 17.9 Å². The van der Waals surface area contributed by atoms with E-state index >= 15 is 0 Å². The minimum Gasteiger partial charge on any atom is -0.444 e. The Hall–Kier alpha value is -3.35. The molecule has 0 bridgehead atoms. The highest BCUT2D eigenvalue weighted by molar-refractivity contribution is 5.92. The first-order chi connectivity index (χ1) is 19.8. The zero-order valence-corrected chi connectivity index (χ0v) is 27.1. The molecule has 0 radical (unpaired) electrons. The summed E-state index contributed by atoms with van der Waals surface area (Å²) in [5.41, 5.74) is 2.99. The summed E-state index contributed by atoms with van der Waals surface area (Å²) in [5, 5.41) is 5.95. The van der Waals surface area contributed by atoms with Crippen LogP contribution in [0.15, 0.2) is 48.5 Å². The summed E-state index contributed by atoms with van der Waals surface area (Å²) in [7, 11) is 0. The monoisotopic (exact) mass is 579 g/mol. The van der Waals surface area contributed by atoms with E-state index in [-0.39, 0.29) is 17.7 Å². The third-order valence-electron chi connectivity index (χ3n) is 7.17. The molecule has 2 N–H and O–H groups in total. The SMILES string of the molecule is CCCCCCCN(C(=O)C(CC(C)C)NC(=O)OC(C)(C)C)C(C(=O)NCc1ccccc1)c1c(C)cccc1C. The van der Waals surface area contributed by atoms with Crippen LogP contribution in [0.5, 0.6) is 0 Å². The second-order valence-corrected chi connectivity index (χ2v) is 12.7. The number of ether oxygens (including phenoxy) is 1. The van der Waals surface area contributed by atoms with E-state index in [0.717, 1.165) is 54.4 Å². The molecule has 2 aromatic rings. The van der Waals surface area contributed by atoms with Gasteiger partial charge in [0.25, 0.3) is 0 Å². The van der Waals surface area contributed by atoms with Gasteiger partial charge in [0.05, 0.1) is 0 Å². The molecule has 0 aromatic heterocycles. The van der Waals surface area contributed by atoms with E-state index in [9.17, 15) is 14.4 Å². The van der Waals surface area contributed by atoms with Gasteiger partial charge in [-0.3, -0.25) is 9.59 Å². The molecule has 0 spiro atoms. The van der Waals surface area contributed by atoms with Gasteiger partial charge in [0.15, 0.2) is 0 Å². The quantitative estimate of drug-likeness (QED) is 0.215. The standard InChI is InChI=1S/C35H53N3O4/c1-9-10-11-12-16-22-38(33(40)29(23-25(2)3)37-34(41)42-35(6,7)8)31(30-26(4)18-17-19-27(30)5)32(39)36-24-28-20-14-13-15-21-28/h13-15,17-21,25,29,31H,9-12,16,22-24H2,1-8H3,(H,36,39)(H,37,41). The van der Waals surface area contributed by atoms with Crippen molar-refractivity contribution in [3.8, 4) is 0 Å². The van der Waals surface area contributed by atoms with Gasteiger partial charge in [-0.15, -0.1) is 0 Å². The summed E-state index contributed by atoms with van der Waals surface area (Å²) in [6.07, 6.45) is 4.82. The molecule has 0 aliphatic heterocycles. The van der Waals surface area contributed by atoms with Crippen molar-refractivity contribution in [2.45, 2.75) is 118 Å². The van der Waals surface area contributed by atoms with Gasteiger partial charge in [0.1, 0.15) is 17.7 Å². The first-order valence-corrected chi connectivity index (χ1v) is 15.5. The van der Waals surface area contributed by atoms with Gasteiger partial charge in [-0.2, -0.15) is 0 Å². The second-order valence-electron chi connectivity index (χ2n) is 12.7. The third kappa shape index (κ3) is 11.5. The van der Waals surface area contributed by atoms with Crippen molar-refractivity contribution in [1.29, 1.82) is 0 Å². The number of unbranched alkanes of at least 4 members (excludes halogenated alkanes) is 4. The van der Waals surface area contributed by atoms with Crippen molar-refractivity contribution < 1.29 is 19.1 Å². The molecule has 7 nitrogen and oxygen atoms in total. The normalized spacial score (nSPS) is 12.9. The number of carbonyl (C=O) groups is 3. The van der Waals surface area contributed by atoms with Gasteiger partial charge < -0.3 is 20.3 Å². The molecule has 2 unspecified atom stereocenters. The molecular weight excluding hydrogens is 526 g/mol. The fourth-order valence-electron chi connectivity index (χ4n) is 5.16. The van der Waals surface area contributed by atoms with Gasteiger partial charge in [-0.05, 0) is 75.6 Å². The van der Waals surface area contributed by atoms with E-state index in [4.69, 9.17) is 4.74 Å². The van der Waals surface area contributed by atoms with Crippen LogP contribution in [0.4, 0.5) is 4.79 Å². The van der Waals surface area contributed by atoms with Gasteiger partial charge in [0.2, 0.25) is 11.8 Å². The number of benzene rings is 2. The summed E-state index contributed by atoms with van der Waals surface area (Å²) in [6.45, 7) is 16.3. The van der Waals surface area contributed by atoms with Gasteiger partial charge in [-0.25, -0.2) is 4.79 Å². The average Bonchev–Trinajstić information content (AvgIpc) is 2.90. The Morgan fingerprint density at radius 1 is 0.881 bits per heavy atom. The number of nitrogens with zero attached hydrogens (tertiary/aromatic N) is 1. The maximum atomic E-state index is 14.5. The first-order valence-electron chi connectivity index (χ1n) is 15.5. The molecule has 0 saturated carbocycles. The number of alkyl carbamates (subject to hydrolysis) is 1. The van der Waals surface area contributed by atoms with Crippen LogP contribution in [0.25, 0.3) is 0 Å². The predicted molar refractivity (Wildman–Crippen MR) is 170 cm³/mol. The molecule has 42 heavy (non-hydrogen) atoms. The summed E-state index contributed by atoms with van der Waals surface area (Å²) in [4.78, 5) is 43.2. The maximum absolute atomic E-state index is 14.5. The zero-order chi connectivity index (χ0) is 31.3. The van der Waals surface area contributed by atoms with E-state index in [1.165, 1.54) is 0 Å². The molecule has 2 aromatic carbocycles. The highest BCUT2D eigenvalue weighted by atomic mass is 16.6. The van der Waals surface area contributed by atoms with E-state index in [1.54, 1.807) is 25.7 Å². The van der Waals surface area contributed by atoms with Crippen LogP contribution in [0.1, 0.15) is 108 Å². The van der Waals surface area contributed by atoms with E-state index in [2.05, 4.69) is 17.6 Å². The summed E-state index contributed by atoms with van der Waals surface area (Å²) < 4.78 is 5.52. The Kier molecular flexibility index (Phi) is 14.1. The zero-order valence-electron chi connectivity index (χ0n) is 27.1. The smallest absolute Gasteiger partial charge is 0.408 e. The van der Waals surface area contributed by atoms with E-state index in [0.29, 0.717) is 19.5 Å². The Labute approximate surface area is 253 Å². The molecule has 2 atom stereocenters. The number of rotatable bonds is 15. The van der Waals surface area contributed by atoms with Crippen LogP contribution in [0.3, 0.4) is 0 Å². The maximum Gasteiger partial charge on any atom is 0.408 e. The fourth-order valence-corrected chi connectivity index (χ4v) is 5.16. The predicted octanol–water partition coefficient (Wildman–Crippen LogP) is 7.40. The average molecular weight is 580 g/mol. The molecule has 232 valence electrons. The number of amides is 3. The molecule has 2 rings (SSSR count). The minimum absolute atomic E-state index is 0.130. The molecule has 0 aliphatic carbocycles. The summed E-state index contributed by atoms with van der Waals surface area (Å²) >= 11 is 0. The number of nitrogens with one attached hydrogen (secondary N) is 2. The van der Waals surface area contributed by atoms with E-state index < -0.39 is 23.8 Å². The van der Waals surface area contributed by atoms with E-state index in [1.807, 2.05) is 76.2 Å². The molecule has 0 fully saturated rings. The lowest BCUT2D eigenvalue weighted by molar-refractivity contribution is -0.143. The number of carbonyl (C=O) groups excluding carboxylic acids is 3. The van der Waals surface area contributed by atoms with Crippen LogP contribution < -0.4 is 10.6 Å². The molecule has 7 heteroatoms.